The number of nitrogens with one attached hydrogen (secondary N) is 1. The Balaban J connectivity index is 0. The fourth-order valence-electron chi connectivity index (χ4n) is 1.43. The maximum atomic E-state index is 11.9. The molecule has 0 aliphatic rings. The molecular formula is C8H20N2O6S. The summed E-state index contributed by atoms with van der Waals surface area (Å²) < 4.78 is 29.5. The number of aliphatic hydroxyl groups excluding tert-OH is 1. The number of rotatable bonds is 6. The van der Waals surface area contributed by atoms with Gasteiger partial charge in [0.2, 0.25) is 0 Å². The summed E-state index contributed by atoms with van der Waals surface area (Å²) in [7, 11) is -2.82. The van der Waals surface area contributed by atoms with Crippen LogP contribution < -0.4 is 4.72 Å². The first-order chi connectivity index (χ1) is 7.39. The summed E-state index contributed by atoms with van der Waals surface area (Å²) in [6.07, 6.45) is -1.03. The van der Waals surface area contributed by atoms with Crippen LogP contribution in [-0.4, -0.2) is 62.3 Å². The molecule has 0 aromatic rings. The quantitative estimate of drug-likeness (QED) is 0.614. The highest BCUT2D eigenvalue weighted by Gasteiger charge is 2.40. The molecule has 0 saturated heterocycles. The first kappa shape index (κ1) is 18.5. The van der Waals surface area contributed by atoms with Gasteiger partial charge in [-0.3, -0.25) is 0 Å². The largest absolute Gasteiger partial charge is 0.870 e. The van der Waals surface area contributed by atoms with E-state index >= 15 is 0 Å². The molecular weight excluding hydrogens is 252 g/mol. The van der Waals surface area contributed by atoms with Crippen LogP contribution in [0.3, 0.4) is 0 Å². The third-order valence-electron chi connectivity index (χ3n) is 2.57. The van der Waals surface area contributed by atoms with Gasteiger partial charge < -0.3 is 15.3 Å². The summed E-state index contributed by atoms with van der Waals surface area (Å²) in [6, 6.07) is 0. The van der Waals surface area contributed by atoms with Crippen LogP contribution in [0.5, 0.6) is 0 Å². The van der Waals surface area contributed by atoms with Crippen molar-refractivity contribution in [2.24, 2.45) is 0 Å². The standard InChI is InChI=1S/C8H18N2O5S.H2O/c1-4-10(5-2,6-7-11)16(13,14)9-8(12)15-3;/h11H,4-7H2,1-3H3;1H2. The van der Waals surface area contributed by atoms with Crippen molar-refractivity contribution in [3.63, 3.8) is 0 Å². The lowest BCUT2D eigenvalue weighted by molar-refractivity contribution is -0.803. The fraction of sp³-hybridized carbons (Fsp3) is 0.875. The highest BCUT2D eigenvalue weighted by molar-refractivity contribution is 7.84. The summed E-state index contributed by atoms with van der Waals surface area (Å²) in [5.41, 5.74) is 0. The van der Waals surface area contributed by atoms with Crippen LogP contribution >= 0.6 is 0 Å². The zero-order chi connectivity index (χ0) is 12.8. The average Bonchev–Trinajstić information content (AvgIpc) is 2.24. The molecule has 0 aromatic carbocycles. The summed E-state index contributed by atoms with van der Waals surface area (Å²) in [6.45, 7) is 3.61. The van der Waals surface area contributed by atoms with E-state index in [2.05, 4.69) is 4.74 Å². The Labute approximate surface area is 101 Å². The van der Waals surface area contributed by atoms with Crippen LogP contribution in [0.15, 0.2) is 0 Å². The molecule has 0 radical (unpaired) electrons. The molecule has 1 amide bonds. The number of aliphatic hydroxyl groups is 1. The smallest absolute Gasteiger partial charge is 0.424 e. The number of amides is 1. The Bertz CT molecular complexity index is 325. The lowest BCUT2D eigenvalue weighted by atomic mass is 10.5. The van der Waals surface area contributed by atoms with E-state index in [0.717, 1.165) is 7.11 Å². The van der Waals surface area contributed by atoms with Crippen LogP contribution in [0.1, 0.15) is 13.8 Å². The minimum Gasteiger partial charge on any atom is -0.870 e. The number of likely N-dealkylation sites (N-methyl/N-ethyl adjacent to an activating group) is 1. The van der Waals surface area contributed by atoms with E-state index in [1.54, 1.807) is 18.6 Å². The van der Waals surface area contributed by atoms with E-state index in [9.17, 15) is 13.2 Å². The van der Waals surface area contributed by atoms with Gasteiger partial charge in [-0.15, -0.1) is 0 Å². The second-order valence-electron chi connectivity index (χ2n) is 3.21. The second-order valence-corrected chi connectivity index (χ2v) is 5.14. The van der Waals surface area contributed by atoms with Gasteiger partial charge in [0.25, 0.3) is 0 Å². The third kappa shape index (κ3) is 4.11. The summed E-state index contributed by atoms with van der Waals surface area (Å²) >= 11 is 0. The van der Waals surface area contributed by atoms with Crippen molar-refractivity contribution in [3.8, 4) is 0 Å². The minimum absolute atomic E-state index is 0. The molecule has 0 bridgehead atoms. The van der Waals surface area contributed by atoms with E-state index in [-0.39, 0.29) is 31.7 Å². The van der Waals surface area contributed by atoms with Gasteiger partial charge in [0.15, 0.2) is 0 Å². The second kappa shape index (κ2) is 7.43. The van der Waals surface area contributed by atoms with Crippen LogP contribution in [0.2, 0.25) is 0 Å². The van der Waals surface area contributed by atoms with Crippen LogP contribution in [0, 0.1) is 0 Å². The molecule has 9 heteroatoms. The van der Waals surface area contributed by atoms with Crippen molar-refractivity contribution in [2.45, 2.75) is 13.8 Å². The first-order valence-electron chi connectivity index (χ1n) is 4.97. The van der Waals surface area contributed by atoms with Gasteiger partial charge in [0.1, 0.15) is 6.54 Å². The molecule has 0 aliphatic carbocycles. The number of methoxy groups -OCH3 is 1. The molecule has 0 heterocycles. The van der Waals surface area contributed by atoms with Crippen molar-refractivity contribution in [3.05, 3.63) is 0 Å². The maximum Gasteiger partial charge on any atom is 0.424 e. The molecule has 8 nitrogen and oxygen atoms in total. The van der Waals surface area contributed by atoms with Gasteiger partial charge in [-0.1, -0.05) is 0 Å². The van der Waals surface area contributed by atoms with Crippen LogP contribution in [0.4, 0.5) is 4.79 Å². The predicted octanol–water partition coefficient (Wildman–Crippen LogP) is -0.741. The molecule has 0 rings (SSSR count). The van der Waals surface area contributed by atoms with Crippen LogP contribution in [0.25, 0.3) is 0 Å². The van der Waals surface area contributed by atoms with Crippen LogP contribution in [-0.2, 0) is 14.9 Å². The Morgan fingerprint density at radius 2 is 1.82 bits per heavy atom. The minimum atomic E-state index is -3.90. The Morgan fingerprint density at radius 1 is 1.35 bits per heavy atom. The molecule has 0 saturated carbocycles. The average molecular weight is 272 g/mol. The van der Waals surface area contributed by atoms with Gasteiger partial charge in [-0.05, 0) is 13.8 Å². The number of ether oxygens (including phenoxy) is 1. The van der Waals surface area contributed by atoms with Gasteiger partial charge in [-0.25, -0.2) is 4.79 Å². The number of hydrogen-bond acceptors (Lipinski definition) is 6. The number of carbonyl (C=O) groups is 1. The molecule has 0 unspecified atom stereocenters. The number of carbonyl (C=O) groups excluding carboxylic acids is 1. The molecule has 3 N–H and O–H groups in total. The molecule has 0 aromatic heterocycles. The van der Waals surface area contributed by atoms with Crippen molar-refractivity contribution < 1.29 is 32.4 Å². The van der Waals surface area contributed by atoms with E-state index < -0.39 is 20.2 Å². The van der Waals surface area contributed by atoms with E-state index in [1.165, 1.54) is 0 Å². The third-order valence-corrected chi connectivity index (χ3v) is 4.71. The Kier molecular flexibility index (Phi) is 8.07. The SMILES string of the molecule is CC[N+](CC)(CCO)S(=O)(=O)NC(=O)OC.[OH-]. The molecule has 104 valence electrons. The summed E-state index contributed by atoms with van der Waals surface area (Å²) in [4.78, 5) is 10.9. The van der Waals surface area contributed by atoms with Gasteiger partial charge >= 0.3 is 16.3 Å². The van der Waals surface area contributed by atoms with Crippen molar-refractivity contribution in [1.82, 2.24) is 4.72 Å². The summed E-state index contributed by atoms with van der Waals surface area (Å²) in [5.74, 6) is 0. The topological polar surface area (TPSA) is 123 Å². The normalized spacial score (nSPS) is 11.5. The zero-order valence-corrected chi connectivity index (χ0v) is 11.0. The fourth-order valence-corrected chi connectivity index (χ4v) is 2.92. The molecule has 0 atom stereocenters. The van der Waals surface area contributed by atoms with Crippen molar-refractivity contribution >= 4 is 16.3 Å². The van der Waals surface area contributed by atoms with Gasteiger partial charge in [0.05, 0.1) is 26.8 Å². The monoisotopic (exact) mass is 272 g/mol. The number of hydrogen-bond donors (Lipinski definition) is 2. The van der Waals surface area contributed by atoms with E-state index in [0.29, 0.717) is 0 Å². The highest BCUT2D eigenvalue weighted by Crippen LogP contribution is 2.13. The van der Waals surface area contributed by atoms with Gasteiger partial charge in [0, 0.05) is 0 Å². The Morgan fingerprint density at radius 3 is 2.12 bits per heavy atom. The molecule has 0 spiro atoms. The van der Waals surface area contributed by atoms with E-state index in [4.69, 9.17) is 5.11 Å². The maximum absolute atomic E-state index is 11.9. The Hall–Kier alpha value is -0.900. The molecule has 17 heavy (non-hydrogen) atoms. The first-order valence-corrected chi connectivity index (χ1v) is 6.41. The molecule has 0 fully saturated rings. The zero-order valence-electron chi connectivity index (χ0n) is 10.2. The molecule has 0 aliphatic heterocycles. The summed E-state index contributed by atoms with van der Waals surface area (Å²) in [5, 5.41) is 8.89. The number of quaternary nitrogens is 1. The number of nitrogens with zero attached hydrogens (tertiary/aromatic N) is 1. The highest BCUT2D eigenvalue weighted by atomic mass is 32.2. The lowest BCUT2D eigenvalue weighted by Crippen LogP contribution is -2.59. The predicted molar refractivity (Wildman–Crippen MR) is 59.7 cm³/mol. The van der Waals surface area contributed by atoms with Gasteiger partial charge in [-0.2, -0.15) is 17.0 Å². The van der Waals surface area contributed by atoms with Crippen molar-refractivity contribution in [1.29, 1.82) is 0 Å². The lowest BCUT2D eigenvalue weighted by Gasteiger charge is -2.33. The van der Waals surface area contributed by atoms with Crippen molar-refractivity contribution in [2.75, 3.05) is 33.4 Å². The van der Waals surface area contributed by atoms with E-state index in [1.807, 2.05) is 0 Å².